The molecule has 2 atom stereocenters. The topological polar surface area (TPSA) is 29.5 Å². The Morgan fingerprint density at radius 3 is 2.62 bits per heavy atom. The van der Waals surface area contributed by atoms with Crippen molar-refractivity contribution in [2.45, 2.75) is 64.1 Å². The zero-order chi connectivity index (χ0) is 16.9. The highest BCUT2D eigenvalue weighted by molar-refractivity contribution is 6.06. The number of carbonyl (C=O) groups is 1. The van der Waals surface area contributed by atoms with Crippen molar-refractivity contribution in [2.75, 3.05) is 11.5 Å². The smallest absolute Gasteiger partial charge is 0.257 e. The van der Waals surface area contributed by atoms with Crippen molar-refractivity contribution >= 4 is 11.6 Å². The van der Waals surface area contributed by atoms with Crippen LogP contribution in [0.4, 0.5) is 10.1 Å². The molecule has 0 N–H and O–H groups in total. The lowest BCUT2D eigenvalue weighted by molar-refractivity contribution is -0.115. The van der Waals surface area contributed by atoms with Crippen LogP contribution in [0.15, 0.2) is 41.7 Å². The van der Waals surface area contributed by atoms with Gasteiger partial charge in [-0.15, -0.1) is 0 Å². The fourth-order valence-electron chi connectivity index (χ4n) is 3.74. The molecule has 1 saturated carbocycles. The van der Waals surface area contributed by atoms with E-state index in [9.17, 15) is 9.18 Å². The third-order valence-corrected chi connectivity index (χ3v) is 5.05. The second kappa shape index (κ2) is 7.82. The minimum absolute atomic E-state index is 0.0195. The van der Waals surface area contributed by atoms with Gasteiger partial charge in [-0.3, -0.25) is 4.79 Å². The van der Waals surface area contributed by atoms with E-state index in [0.717, 1.165) is 36.9 Å². The van der Waals surface area contributed by atoms with Crippen LogP contribution in [0, 0.1) is 0 Å². The molecular weight excluding hydrogens is 305 g/mol. The Morgan fingerprint density at radius 2 is 1.92 bits per heavy atom. The lowest BCUT2D eigenvalue weighted by Gasteiger charge is -2.34. The van der Waals surface area contributed by atoms with Gasteiger partial charge in [-0.1, -0.05) is 37.5 Å². The quantitative estimate of drug-likeness (QED) is 0.798. The van der Waals surface area contributed by atoms with Crippen LogP contribution in [0.5, 0.6) is 0 Å². The lowest BCUT2D eigenvalue weighted by atomic mass is 9.93. The summed E-state index contributed by atoms with van der Waals surface area (Å²) >= 11 is 0. The van der Waals surface area contributed by atoms with Gasteiger partial charge in [0.15, 0.2) is 0 Å². The molecule has 3 nitrogen and oxygen atoms in total. The molecule has 1 fully saturated rings. The number of allylic oxidation sites excluding steroid dienone is 1. The third-order valence-electron chi connectivity index (χ3n) is 5.05. The first-order valence-corrected chi connectivity index (χ1v) is 9.02. The molecule has 0 bridgehead atoms. The summed E-state index contributed by atoms with van der Waals surface area (Å²) in [6, 6.07) is 9.59. The fraction of sp³-hybridized carbons (Fsp3) is 0.550. The van der Waals surface area contributed by atoms with Crippen molar-refractivity contribution in [3.05, 3.63) is 41.7 Å². The van der Waals surface area contributed by atoms with Crippen molar-refractivity contribution in [1.29, 1.82) is 0 Å². The van der Waals surface area contributed by atoms with Gasteiger partial charge >= 0.3 is 0 Å². The molecule has 1 amide bonds. The van der Waals surface area contributed by atoms with Crippen LogP contribution in [-0.4, -0.2) is 24.7 Å². The average Bonchev–Trinajstić information content (AvgIpc) is 2.99. The van der Waals surface area contributed by atoms with E-state index in [1.165, 1.54) is 0 Å². The second-order valence-corrected chi connectivity index (χ2v) is 6.77. The van der Waals surface area contributed by atoms with E-state index in [4.69, 9.17) is 4.74 Å². The van der Waals surface area contributed by atoms with E-state index in [-0.39, 0.29) is 11.9 Å². The molecule has 0 aromatic heterocycles. The predicted octanol–water partition coefficient (Wildman–Crippen LogP) is 4.77. The molecule has 1 aliphatic heterocycles. The first-order valence-electron chi connectivity index (χ1n) is 9.02. The Hall–Kier alpha value is -1.84. The summed E-state index contributed by atoms with van der Waals surface area (Å²) < 4.78 is 19.8. The maximum atomic E-state index is 14.3. The monoisotopic (exact) mass is 331 g/mol. The van der Waals surface area contributed by atoms with Gasteiger partial charge in [0.2, 0.25) is 0 Å². The number of carbonyl (C=O) groups excluding carboxylic acids is 1. The molecule has 1 aliphatic carbocycles. The van der Waals surface area contributed by atoms with Crippen LogP contribution >= 0.6 is 0 Å². The Kier molecular flexibility index (Phi) is 5.54. The number of hydrogen-bond donors (Lipinski definition) is 0. The summed E-state index contributed by atoms with van der Waals surface area (Å²) in [6.45, 7) is 2.41. The molecule has 0 saturated heterocycles. The van der Waals surface area contributed by atoms with Crippen LogP contribution < -0.4 is 4.90 Å². The van der Waals surface area contributed by atoms with Crippen LogP contribution in [0.2, 0.25) is 0 Å². The third kappa shape index (κ3) is 3.80. The summed E-state index contributed by atoms with van der Waals surface area (Å²) in [5.41, 5.74) is 1.59. The van der Waals surface area contributed by atoms with E-state index < -0.39 is 6.17 Å². The molecule has 130 valence electrons. The number of anilines is 1. The number of alkyl halides is 1. The van der Waals surface area contributed by atoms with E-state index >= 15 is 0 Å². The highest BCUT2D eigenvalue weighted by Gasteiger charge is 2.32. The highest BCUT2D eigenvalue weighted by Crippen LogP contribution is 2.31. The van der Waals surface area contributed by atoms with Gasteiger partial charge in [-0.25, -0.2) is 4.39 Å². The van der Waals surface area contributed by atoms with Gasteiger partial charge in [-0.2, -0.15) is 0 Å². The molecule has 1 aromatic rings. The molecular formula is C20H26FNO2. The first kappa shape index (κ1) is 17.0. The van der Waals surface area contributed by atoms with Gasteiger partial charge in [0.25, 0.3) is 5.91 Å². The molecule has 0 radical (unpaired) electrons. The molecule has 1 heterocycles. The summed E-state index contributed by atoms with van der Waals surface area (Å²) in [6.07, 6.45) is 4.73. The second-order valence-electron chi connectivity index (χ2n) is 6.77. The maximum absolute atomic E-state index is 14.3. The minimum Gasteiger partial charge on any atom is -0.497 e. The summed E-state index contributed by atoms with van der Waals surface area (Å²) in [5.74, 6) is 0.692. The van der Waals surface area contributed by atoms with Crippen LogP contribution in [-0.2, 0) is 9.53 Å². The van der Waals surface area contributed by atoms with Crippen LogP contribution in [0.3, 0.4) is 0 Å². The average molecular weight is 331 g/mol. The predicted molar refractivity (Wildman–Crippen MR) is 93.6 cm³/mol. The number of hydrogen-bond acceptors (Lipinski definition) is 2. The summed E-state index contributed by atoms with van der Waals surface area (Å²) in [5, 5.41) is 0. The fourth-order valence-corrected chi connectivity index (χ4v) is 3.74. The molecule has 24 heavy (non-hydrogen) atoms. The van der Waals surface area contributed by atoms with Gasteiger partial charge in [-0.05, 0) is 38.3 Å². The van der Waals surface area contributed by atoms with Crippen molar-refractivity contribution in [3.63, 3.8) is 0 Å². The largest absolute Gasteiger partial charge is 0.497 e. The number of amides is 1. The summed E-state index contributed by atoms with van der Waals surface area (Å²) in [4.78, 5) is 15.1. The Morgan fingerprint density at radius 1 is 1.17 bits per heavy atom. The van der Waals surface area contributed by atoms with E-state index in [1.54, 1.807) is 0 Å². The Bertz CT molecular complexity index is 599. The minimum atomic E-state index is -0.829. The number of halogens is 1. The van der Waals surface area contributed by atoms with Gasteiger partial charge in [0.05, 0.1) is 12.2 Å². The van der Waals surface area contributed by atoms with E-state index in [1.807, 2.05) is 42.2 Å². The van der Waals surface area contributed by atoms with Gasteiger partial charge in [0, 0.05) is 18.2 Å². The van der Waals surface area contributed by atoms with Crippen molar-refractivity contribution in [3.8, 4) is 0 Å². The van der Waals surface area contributed by atoms with Crippen LogP contribution in [0.25, 0.3) is 0 Å². The summed E-state index contributed by atoms with van der Waals surface area (Å²) in [7, 11) is 0. The van der Waals surface area contributed by atoms with Crippen molar-refractivity contribution in [2.24, 2.45) is 0 Å². The SMILES string of the molecule is CC1=C(C(=O)N(c2ccccc2)C2CCCCCC(F)C2)CCO1. The van der Waals surface area contributed by atoms with Crippen molar-refractivity contribution in [1.82, 2.24) is 0 Å². The molecule has 3 rings (SSSR count). The zero-order valence-electron chi connectivity index (χ0n) is 14.3. The molecule has 0 spiro atoms. The number of ether oxygens (including phenoxy) is 1. The Balaban J connectivity index is 1.92. The lowest BCUT2D eigenvalue weighted by Crippen LogP contribution is -2.43. The van der Waals surface area contributed by atoms with Crippen LogP contribution in [0.1, 0.15) is 51.9 Å². The molecule has 1 aromatic carbocycles. The number of benzene rings is 1. The maximum Gasteiger partial charge on any atom is 0.257 e. The number of rotatable bonds is 3. The molecule has 2 aliphatic rings. The molecule has 2 unspecified atom stereocenters. The van der Waals surface area contributed by atoms with E-state index in [0.29, 0.717) is 31.6 Å². The first-order chi connectivity index (χ1) is 11.7. The highest BCUT2D eigenvalue weighted by atomic mass is 19.1. The number of para-hydroxylation sites is 1. The molecule has 4 heteroatoms. The number of nitrogens with zero attached hydrogens (tertiary/aromatic N) is 1. The zero-order valence-corrected chi connectivity index (χ0v) is 14.3. The van der Waals surface area contributed by atoms with Crippen molar-refractivity contribution < 1.29 is 13.9 Å². The standard InChI is InChI=1S/C20H26FNO2/c1-15-19(12-13-24-15)20(23)22(17-9-5-3-6-10-17)18-11-7-2-4-8-16(21)14-18/h3,5-6,9-10,16,18H,2,4,7-8,11-14H2,1H3. The Labute approximate surface area is 143 Å². The van der Waals surface area contributed by atoms with E-state index in [2.05, 4.69) is 0 Å². The van der Waals surface area contributed by atoms with Gasteiger partial charge in [0.1, 0.15) is 11.9 Å². The normalized spacial score (nSPS) is 24.9. The van der Waals surface area contributed by atoms with Gasteiger partial charge < -0.3 is 9.64 Å².